The van der Waals surface area contributed by atoms with E-state index in [0.717, 1.165) is 22.4 Å². The Hall–Kier alpha value is -3.28. The van der Waals surface area contributed by atoms with Crippen molar-refractivity contribution in [1.82, 2.24) is 4.90 Å². The van der Waals surface area contributed by atoms with Crippen LogP contribution in [0.3, 0.4) is 0 Å². The summed E-state index contributed by atoms with van der Waals surface area (Å²) in [5.74, 6) is 0.457. The number of amides is 2. The Kier molecular flexibility index (Phi) is 7.83. The molecule has 29 heavy (non-hydrogen) atoms. The number of carbonyl (C=O) groups excluding carboxylic acids is 2. The first-order valence-corrected chi connectivity index (χ1v) is 9.39. The maximum absolute atomic E-state index is 12.4. The van der Waals surface area contributed by atoms with Crippen molar-refractivity contribution in [3.8, 4) is 11.5 Å². The molecule has 2 aromatic carbocycles. The first-order valence-electron chi connectivity index (χ1n) is 9.39. The highest BCUT2D eigenvalue weighted by atomic mass is 16.5. The topological polar surface area (TPSA) is 67.9 Å². The lowest BCUT2D eigenvalue weighted by molar-refractivity contribution is -0.135. The molecule has 0 fully saturated rings. The summed E-state index contributed by atoms with van der Waals surface area (Å²) in [5.41, 5.74) is 3.71. The summed E-state index contributed by atoms with van der Waals surface area (Å²) < 4.78 is 10.9. The SMILES string of the molecule is C/C=C/c1ccc(OCC(=O)N(C)CC(=O)Nc2c(C)cccc2C)c(OC)c1. The first-order chi connectivity index (χ1) is 13.8. The number of nitrogens with zero attached hydrogens (tertiary/aromatic N) is 1. The van der Waals surface area contributed by atoms with E-state index in [9.17, 15) is 9.59 Å². The van der Waals surface area contributed by atoms with Crippen LogP contribution >= 0.6 is 0 Å². The van der Waals surface area contributed by atoms with Gasteiger partial charge in [-0.1, -0.05) is 36.4 Å². The minimum Gasteiger partial charge on any atom is -0.493 e. The predicted molar refractivity (Wildman–Crippen MR) is 115 cm³/mol. The molecule has 2 amide bonds. The average Bonchev–Trinajstić information content (AvgIpc) is 2.69. The normalized spacial score (nSPS) is 10.7. The molecule has 1 N–H and O–H groups in total. The highest BCUT2D eigenvalue weighted by Crippen LogP contribution is 2.28. The summed E-state index contributed by atoms with van der Waals surface area (Å²) in [6.45, 7) is 5.54. The molecule has 0 aliphatic carbocycles. The van der Waals surface area contributed by atoms with Crippen molar-refractivity contribution in [2.75, 3.05) is 32.6 Å². The van der Waals surface area contributed by atoms with Crippen LogP contribution < -0.4 is 14.8 Å². The van der Waals surface area contributed by atoms with Crippen molar-refractivity contribution in [2.24, 2.45) is 0 Å². The van der Waals surface area contributed by atoms with E-state index in [4.69, 9.17) is 9.47 Å². The lowest BCUT2D eigenvalue weighted by Crippen LogP contribution is -2.37. The summed E-state index contributed by atoms with van der Waals surface area (Å²) in [6.07, 6.45) is 3.87. The number of rotatable bonds is 8. The minimum atomic E-state index is -0.304. The minimum absolute atomic E-state index is 0.0622. The zero-order chi connectivity index (χ0) is 21.4. The fourth-order valence-electron chi connectivity index (χ4n) is 2.84. The van der Waals surface area contributed by atoms with Gasteiger partial charge in [-0.2, -0.15) is 0 Å². The molecule has 0 atom stereocenters. The summed E-state index contributed by atoms with van der Waals surface area (Å²) in [6, 6.07) is 11.3. The molecule has 0 heterocycles. The molecule has 0 aromatic heterocycles. The van der Waals surface area contributed by atoms with Gasteiger partial charge in [-0.05, 0) is 49.6 Å². The summed E-state index contributed by atoms with van der Waals surface area (Å²) in [5, 5.41) is 2.87. The molecule has 0 aliphatic heterocycles. The van der Waals surface area contributed by atoms with E-state index in [0.29, 0.717) is 11.5 Å². The van der Waals surface area contributed by atoms with Gasteiger partial charge in [0, 0.05) is 12.7 Å². The number of carbonyl (C=O) groups is 2. The third-order valence-corrected chi connectivity index (χ3v) is 4.45. The molecule has 0 bridgehead atoms. The van der Waals surface area contributed by atoms with Gasteiger partial charge < -0.3 is 19.7 Å². The summed E-state index contributed by atoms with van der Waals surface area (Å²) >= 11 is 0. The smallest absolute Gasteiger partial charge is 0.260 e. The van der Waals surface area contributed by atoms with Gasteiger partial charge in [-0.25, -0.2) is 0 Å². The van der Waals surface area contributed by atoms with Crippen molar-refractivity contribution in [1.29, 1.82) is 0 Å². The lowest BCUT2D eigenvalue weighted by atomic mass is 10.1. The van der Waals surface area contributed by atoms with Gasteiger partial charge in [0.25, 0.3) is 5.91 Å². The third kappa shape index (κ3) is 6.10. The predicted octanol–water partition coefficient (Wildman–Crippen LogP) is 3.82. The monoisotopic (exact) mass is 396 g/mol. The lowest BCUT2D eigenvalue weighted by Gasteiger charge is -2.19. The van der Waals surface area contributed by atoms with E-state index in [2.05, 4.69) is 5.32 Å². The molecule has 6 heteroatoms. The summed E-state index contributed by atoms with van der Waals surface area (Å²) in [4.78, 5) is 26.0. The molecule has 0 aliphatic rings. The number of anilines is 1. The van der Waals surface area contributed by atoms with Crippen molar-refractivity contribution >= 4 is 23.6 Å². The van der Waals surface area contributed by atoms with Gasteiger partial charge in [0.1, 0.15) is 0 Å². The van der Waals surface area contributed by atoms with Crippen molar-refractivity contribution in [2.45, 2.75) is 20.8 Å². The molecule has 2 aromatic rings. The Morgan fingerprint density at radius 2 is 1.79 bits per heavy atom. The Morgan fingerprint density at radius 3 is 2.41 bits per heavy atom. The number of likely N-dealkylation sites (N-methyl/N-ethyl adjacent to an activating group) is 1. The fraction of sp³-hybridized carbons (Fsp3) is 0.304. The number of allylic oxidation sites excluding steroid dienone is 1. The molecular weight excluding hydrogens is 368 g/mol. The molecular formula is C23H28N2O4. The van der Waals surface area contributed by atoms with E-state index in [1.165, 1.54) is 4.90 Å². The zero-order valence-electron chi connectivity index (χ0n) is 17.6. The van der Waals surface area contributed by atoms with Crippen LogP contribution in [0.5, 0.6) is 11.5 Å². The van der Waals surface area contributed by atoms with Crippen LogP contribution in [0.15, 0.2) is 42.5 Å². The first kappa shape index (κ1) is 22.0. The largest absolute Gasteiger partial charge is 0.493 e. The van der Waals surface area contributed by atoms with Crippen LogP contribution in [0.25, 0.3) is 6.08 Å². The molecule has 0 unspecified atom stereocenters. The van der Waals surface area contributed by atoms with Gasteiger partial charge in [0.05, 0.1) is 13.7 Å². The maximum atomic E-state index is 12.4. The number of para-hydroxylation sites is 1. The van der Waals surface area contributed by atoms with E-state index in [1.54, 1.807) is 20.2 Å². The number of hydrogen-bond donors (Lipinski definition) is 1. The average molecular weight is 396 g/mol. The Morgan fingerprint density at radius 1 is 1.10 bits per heavy atom. The van der Waals surface area contributed by atoms with Gasteiger partial charge in [0.2, 0.25) is 5.91 Å². The molecule has 154 valence electrons. The molecule has 0 saturated heterocycles. The summed E-state index contributed by atoms with van der Waals surface area (Å²) in [7, 11) is 3.12. The van der Waals surface area contributed by atoms with Gasteiger partial charge in [-0.15, -0.1) is 0 Å². The highest BCUT2D eigenvalue weighted by molar-refractivity contribution is 5.95. The van der Waals surface area contributed by atoms with E-state index in [-0.39, 0.29) is 25.0 Å². The number of ether oxygens (including phenoxy) is 2. The Labute approximate surface area is 172 Å². The number of hydrogen-bond acceptors (Lipinski definition) is 4. The molecule has 0 radical (unpaired) electrons. The molecule has 0 spiro atoms. The van der Waals surface area contributed by atoms with Gasteiger partial charge >= 0.3 is 0 Å². The van der Waals surface area contributed by atoms with E-state index < -0.39 is 0 Å². The number of methoxy groups -OCH3 is 1. The van der Waals surface area contributed by atoms with Crippen LogP contribution in [-0.2, 0) is 9.59 Å². The fourth-order valence-corrected chi connectivity index (χ4v) is 2.84. The molecule has 2 rings (SSSR count). The van der Waals surface area contributed by atoms with E-state index in [1.807, 2.05) is 63.3 Å². The van der Waals surface area contributed by atoms with Gasteiger partial charge in [-0.3, -0.25) is 9.59 Å². The van der Waals surface area contributed by atoms with Crippen LogP contribution in [0.2, 0.25) is 0 Å². The number of aryl methyl sites for hydroxylation is 2. The van der Waals surface area contributed by atoms with Crippen molar-refractivity contribution in [3.63, 3.8) is 0 Å². The standard InChI is InChI=1S/C23H28N2O4/c1-6-8-18-11-12-19(20(13-18)28-5)29-15-22(27)25(4)14-21(26)24-23-16(2)9-7-10-17(23)3/h6-13H,14-15H2,1-5H3,(H,24,26)/b8-6+. The second-order valence-electron chi connectivity index (χ2n) is 6.76. The Bertz CT molecular complexity index is 885. The second-order valence-corrected chi connectivity index (χ2v) is 6.76. The van der Waals surface area contributed by atoms with Crippen LogP contribution in [0.1, 0.15) is 23.6 Å². The Balaban J connectivity index is 1.93. The quantitative estimate of drug-likeness (QED) is 0.737. The second kappa shape index (κ2) is 10.3. The highest BCUT2D eigenvalue weighted by Gasteiger charge is 2.16. The molecule has 0 saturated carbocycles. The van der Waals surface area contributed by atoms with Crippen molar-refractivity contribution < 1.29 is 19.1 Å². The maximum Gasteiger partial charge on any atom is 0.260 e. The van der Waals surface area contributed by atoms with E-state index >= 15 is 0 Å². The molecule has 6 nitrogen and oxygen atoms in total. The van der Waals surface area contributed by atoms with Gasteiger partial charge in [0.15, 0.2) is 18.1 Å². The van der Waals surface area contributed by atoms with Crippen molar-refractivity contribution in [3.05, 3.63) is 59.2 Å². The number of nitrogens with one attached hydrogen (secondary N) is 1. The zero-order valence-corrected chi connectivity index (χ0v) is 17.6. The number of benzene rings is 2. The van der Waals surface area contributed by atoms with Crippen LogP contribution in [0.4, 0.5) is 5.69 Å². The van der Waals surface area contributed by atoms with Crippen LogP contribution in [-0.4, -0.2) is 44.0 Å². The third-order valence-electron chi connectivity index (χ3n) is 4.45. The van der Waals surface area contributed by atoms with Crippen LogP contribution in [0, 0.1) is 13.8 Å².